The van der Waals surface area contributed by atoms with Crippen molar-refractivity contribution in [3.8, 4) is 5.75 Å². The minimum atomic E-state index is -3.47. The van der Waals surface area contributed by atoms with Crippen LogP contribution in [0.4, 0.5) is 0 Å². The molecule has 0 unspecified atom stereocenters. The molecule has 6 heteroatoms. The van der Waals surface area contributed by atoms with Crippen LogP contribution in [-0.2, 0) is 16.4 Å². The molecule has 124 valence electrons. The summed E-state index contributed by atoms with van der Waals surface area (Å²) < 4.78 is 32.5. The normalized spacial score (nSPS) is 11.4. The van der Waals surface area contributed by atoms with Crippen LogP contribution in [0.1, 0.15) is 11.1 Å². The van der Waals surface area contributed by atoms with Crippen LogP contribution in [0, 0.1) is 6.92 Å². The minimum Gasteiger partial charge on any atom is -0.492 e. The summed E-state index contributed by atoms with van der Waals surface area (Å²) in [5.41, 5.74) is 7.44. The van der Waals surface area contributed by atoms with Crippen molar-refractivity contribution in [2.24, 2.45) is 5.73 Å². The Balaban J connectivity index is 1.92. The first kappa shape index (κ1) is 17.5. The summed E-state index contributed by atoms with van der Waals surface area (Å²) in [4.78, 5) is 0.281. The first-order valence-electron chi connectivity index (χ1n) is 7.49. The average molecular weight is 334 g/mol. The Kier molecular flexibility index (Phi) is 6.15. The topological polar surface area (TPSA) is 81.4 Å². The van der Waals surface area contributed by atoms with Crippen molar-refractivity contribution in [1.29, 1.82) is 0 Å². The lowest BCUT2D eigenvalue weighted by atomic mass is 10.1. The number of nitrogens with two attached hydrogens (primary N) is 1. The molecule has 0 radical (unpaired) electrons. The molecule has 3 N–H and O–H groups in total. The minimum absolute atomic E-state index is 0.281. The second-order valence-electron chi connectivity index (χ2n) is 5.25. The zero-order chi connectivity index (χ0) is 16.7. The zero-order valence-electron chi connectivity index (χ0n) is 13.2. The van der Waals surface area contributed by atoms with E-state index in [4.69, 9.17) is 10.5 Å². The second-order valence-corrected chi connectivity index (χ2v) is 7.01. The lowest BCUT2D eigenvalue weighted by Gasteiger charge is -2.09. The van der Waals surface area contributed by atoms with Gasteiger partial charge in [-0.05, 0) is 43.2 Å². The van der Waals surface area contributed by atoms with E-state index in [1.165, 1.54) is 0 Å². The van der Waals surface area contributed by atoms with Crippen molar-refractivity contribution in [2.75, 3.05) is 19.7 Å². The Morgan fingerprint density at radius 1 is 1.13 bits per heavy atom. The van der Waals surface area contributed by atoms with E-state index in [9.17, 15) is 8.42 Å². The second kappa shape index (κ2) is 8.10. The molecule has 0 aliphatic rings. The number of nitrogens with one attached hydrogen (secondary N) is 1. The fraction of sp³-hybridized carbons (Fsp3) is 0.294. The van der Waals surface area contributed by atoms with E-state index in [0.717, 1.165) is 16.9 Å². The highest BCUT2D eigenvalue weighted by Crippen LogP contribution is 2.14. The molecule has 0 amide bonds. The summed E-state index contributed by atoms with van der Waals surface area (Å²) in [5.74, 6) is 0.745. The smallest absolute Gasteiger partial charge is 0.240 e. The van der Waals surface area contributed by atoms with E-state index >= 15 is 0 Å². The molecule has 2 rings (SSSR count). The van der Waals surface area contributed by atoms with E-state index in [0.29, 0.717) is 26.1 Å². The van der Waals surface area contributed by atoms with Crippen molar-refractivity contribution in [1.82, 2.24) is 4.72 Å². The van der Waals surface area contributed by atoms with Crippen LogP contribution in [0.15, 0.2) is 53.4 Å². The van der Waals surface area contributed by atoms with Crippen LogP contribution >= 0.6 is 0 Å². The highest BCUT2D eigenvalue weighted by Gasteiger charge is 2.12. The van der Waals surface area contributed by atoms with E-state index in [1.807, 2.05) is 31.2 Å². The van der Waals surface area contributed by atoms with Gasteiger partial charge in [0.2, 0.25) is 10.0 Å². The van der Waals surface area contributed by atoms with Crippen molar-refractivity contribution in [3.05, 3.63) is 59.7 Å². The predicted molar refractivity (Wildman–Crippen MR) is 91.1 cm³/mol. The van der Waals surface area contributed by atoms with Crippen LogP contribution in [0.25, 0.3) is 0 Å². The first-order valence-corrected chi connectivity index (χ1v) is 8.98. The summed E-state index contributed by atoms with van der Waals surface area (Å²) >= 11 is 0. The predicted octanol–water partition coefficient (Wildman–Crippen LogP) is 1.85. The fourth-order valence-corrected chi connectivity index (χ4v) is 3.13. The maximum Gasteiger partial charge on any atom is 0.240 e. The monoisotopic (exact) mass is 334 g/mol. The van der Waals surface area contributed by atoms with Gasteiger partial charge in [0.15, 0.2) is 0 Å². The quantitative estimate of drug-likeness (QED) is 0.772. The van der Waals surface area contributed by atoms with Gasteiger partial charge in [0.05, 0.1) is 4.90 Å². The van der Waals surface area contributed by atoms with Crippen LogP contribution in [-0.4, -0.2) is 28.1 Å². The molecule has 0 heterocycles. The number of ether oxygens (including phenoxy) is 1. The van der Waals surface area contributed by atoms with Gasteiger partial charge in [-0.3, -0.25) is 0 Å². The fourth-order valence-electron chi connectivity index (χ4n) is 2.10. The van der Waals surface area contributed by atoms with E-state index in [1.54, 1.807) is 24.3 Å². The lowest BCUT2D eigenvalue weighted by Crippen LogP contribution is -2.26. The van der Waals surface area contributed by atoms with Gasteiger partial charge in [-0.2, -0.15) is 0 Å². The lowest BCUT2D eigenvalue weighted by molar-refractivity contribution is 0.328. The van der Waals surface area contributed by atoms with Crippen LogP contribution < -0.4 is 15.2 Å². The molecular weight excluding hydrogens is 312 g/mol. The van der Waals surface area contributed by atoms with Gasteiger partial charge in [-0.25, -0.2) is 13.1 Å². The van der Waals surface area contributed by atoms with Gasteiger partial charge in [0, 0.05) is 13.1 Å². The van der Waals surface area contributed by atoms with E-state index in [2.05, 4.69) is 4.72 Å². The van der Waals surface area contributed by atoms with Crippen LogP contribution in [0.5, 0.6) is 5.75 Å². The Hall–Kier alpha value is -1.89. The Bertz CT molecular complexity index is 728. The zero-order valence-corrected chi connectivity index (χ0v) is 14.0. The molecule has 0 aliphatic carbocycles. The van der Waals surface area contributed by atoms with Crippen molar-refractivity contribution in [2.45, 2.75) is 18.2 Å². The van der Waals surface area contributed by atoms with Crippen molar-refractivity contribution >= 4 is 10.0 Å². The van der Waals surface area contributed by atoms with E-state index < -0.39 is 10.0 Å². The average Bonchev–Trinajstić information content (AvgIpc) is 2.53. The summed E-state index contributed by atoms with van der Waals surface area (Å²) in [5, 5.41) is 0. The molecule has 0 aliphatic heterocycles. The van der Waals surface area contributed by atoms with Gasteiger partial charge >= 0.3 is 0 Å². The summed E-state index contributed by atoms with van der Waals surface area (Å²) in [6.45, 7) is 3.17. The number of benzene rings is 2. The molecule has 2 aromatic rings. The molecule has 2 aromatic carbocycles. The first-order chi connectivity index (χ1) is 11.0. The Morgan fingerprint density at radius 3 is 2.57 bits per heavy atom. The molecule has 0 bridgehead atoms. The van der Waals surface area contributed by atoms with Gasteiger partial charge in [-0.1, -0.05) is 29.8 Å². The summed E-state index contributed by atoms with van der Waals surface area (Å²) in [6, 6.07) is 14.4. The highest BCUT2D eigenvalue weighted by atomic mass is 32.2. The molecule has 0 atom stereocenters. The third-order valence-electron chi connectivity index (χ3n) is 3.32. The molecule has 0 fully saturated rings. The third kappa shape index (κ3) is 5.35. The SMILES string of the molecule is Cc1ccc(S(=O)(=O)NCCc2cccc(OCCN)c2)cc1. The highest BCUT2D eigenvalue weighted by molar-refractivity contribution is 7.89. The number of sulfonamides is 1. The molecule has 5 nitrogen and oxygen atoms in total. The van der Waals surface area contributed by atoms with Crippen LogP contribution in [0.2, 0.25) is 0 Å². The largest absolute Gasteiger partial charge is 0.492 e. The number of hydrogen-bond donors (Lipinski definition) is 2. The van der Waals surface area contributed by atoms with Gasteiger partial charge < -0.3 is 10.5 Å². The molecule has 0 saturated carbocycles. The molecule has 0 saturated heterocycles. The Morgan fingerprint density at radius 2 is 1.87 bits per heavy atom. The van der Waals surface area contributed by atoms with Crippen LogP contribution in [0.3, 0.4) is 0 Å². The van der Waals surface area contributed by atoms with E-state index in [-0.39, 0.29) is 4.90 Å². The van der Waals surface area contributed by atoms with Gasteiger partial charge in [0.25, 0.3) is 0 Å². The summed E-state index contributed by atoms with van der Waals surface area (Å²) in [7, 11) is -3.47. The number of hydrogen-bond acceptors (Lipinski definition) is 4. The maximum absolute atomic E-state index is 12.2. The number of aryl methyl sites for hydroxylation is 1. The molecule has 0 spiro atoms. The standard InChI is InChI=1S/C17H22N2O3S/c1-14-5-7-17(8-6-14)23(20,21)19-11-9-15-3-2-4-16(13-15)22-12-10-18/h2-8,13,19H,9-12,18H2,1H3. The van der Waals surface area contributed by atoms with Gasteiger partial charge in [0.1, 0.15) is 12.4 Å². The summed E-state index contributed by atoms with van der Waals surface area (Å²) in [6.07, 6.45) is 0.588. The molecular formula is C17H22N2O3S. The number of rotatable bonds is 8. The maximum atomic E-state index is 12.2. The Labute approximate surface area is 137 Å². The third-order valence-corrected chi connectivity index (χ3v) is 4.80. The molecule has 0 aromatic heterocycles. The van der Waals surface area contributed by atoms with Crippen molar-refractivity contribution < 1.29 is 13.2 Å². The van der Waals surface area contributed by atoms with Crippen molar-refractivity contribution in [3.63, 3.8) is 0 Å². The van der Waals surface area contributed by atoms with Gasteiger partial charge in [-0.15, -0.1) is 0 Å². The molecule has 23 heavy (non-hydrogen) atoms.